The molecular formula is C16H18N2O5. The van der Waals surface area contributed by atoms with Gasteiger partial charge in [0.2, 0.25) is 0 Å². The Morgan fingerprint density at radius 1 is 1.22 bits per heavy atom. The Kier molecular flexibility index (Phi) is 5.00. The molecule has 122 valence electrons. The SMILES string of the molecule is CCOC(=O)C1=C(C)NC(=O)NC1c1ccccc1C(=O)OC. The van der Waals surface area contributed by atoms with Crippen LogP contribution in [0.2, 0.25) is 0 Å². The van der Waals surface area contributed by atoms with E-state index in [4.69, 9.17) is 9.47 Å². The van der Waals surface area contributed by atoms with Crippen LogP contribution in [0.5, 0.6) is 0 Å². The fraction of sp³-hybridized carbons (Fsp3) is 0.312. The molecule has 0 saturated carbocycles. The normalized spacial score (nSPS) is 17.2. The number of esters is 2. The summed E-state index contributed by atoms with van der Waals surface area (Å²) in [6.07, 6.45) is 0. The second-order valence-electron chi connectivity index (χ2n) is 4.87. The molecule has 0 spiro atoms. The highest BCUT2D eigenvalue weighted by Gasteiger charge is 2.34. The van der Waals surface area contributed by atoms with E-state index in [9.17, 15) is 14.4 Å². The maximum atomic E-state index is 12.3. The molecule has 0 fully saturated rings. The summed E-state index contributed by atoms with van der Waals surface area (Å²) >= 11 is 0. The van der Waals surface area contributed by atoms with Gasteiger partial charge in [0.15, 0.2) is 0 Å². The van der Waals surface area contributed by atoms with Crippen LogP contribution in [0.3, 0.4) is 0 Å². The van der Waals surface area contributed by atoms with Crippen LogP contribution in [0.25, 0.3) is 0 Å². The predicted molar refractivity (Wildman–Crippen MR) is 81.5 cm³/mol. The molecule has 2 amide bonds. The molecule has 0 aliphatic carbocycles. The number of rotatable bonds is 4. The molecule has 2 rings (SSSR count). The number of allylic oxidation sites excluding steroid dienone is 1. The summed E-state index contributed by atoms with van der Waals surface area (Å²) in [4.78, 5) is 36.0. The van der Waals surface area contributed by atoms with Gasteiger partial charge in [0, 0.05) is 5.70 Å². The molecule has 7 heteroatoms. The zero-order valence-corrected chi connectivity index (χ0v) is 13.1. The summed E-state index contributed by atoms with van der Waals surface area (Å²) in [5, 5.41) is 5.20. The Morgan fingerprint density at radius 3 is 2.57 bits per heavy atom. The molecule has 1 aliphatic rings. The van der Waals surface area contributed by atoms with Gasteiger partial charge in [-0.25, -0.2) is 14.4 Å². The first kappa shape index (κ1) is 16.5. The molecule has 1 aliphatic heterocycles. The lowest BCUT2D eigenvalue weighted by atomic mass is 9.92. The quantitative estimate of drug-likeness (QED) is 0.824. The minimum absolute atomic E-state index is 0.203. The summed E-state index contributed by atoms with van der Waals surface area (Å²) in [6.45, 7) is 3.51. The average Bonchev–Trinajstić information content (AvgIpc) is 2.53. The molecule has 0 bridgehead atoms. The maximum Gasteiger partial charge on any atom is 0.338 e. The van der Waals surface area contributed by atoms with Crippen molar-refractivity contribution >= 4 is 18.0 Å². The molecule has 0 radical (unpaired) electrons. The Morgan fingerprint density at radius 2 is 1.91 bits per heavy atom. The number of benzene rings is 1. The highest BCUT2D eigenvalue weighted by Crippen LogP contribution is 2.30. The van der Waals surface area contributed by atoms with E-state index in [0.29, 0.717) is 11.3 Å². The fourth-order valence-corrected chi connectivity index (χ4v) is 2.45. The minimum Gasteiger partial charge on any atom is -0.465 e. The van der Waals surface area contributed by atoms with Gasteiger partial charge in [-0.1, -0.05) is 18.2 Å². The second-order valence-corrected chi connectivity index (χ2v) is 4.87. The Balaban J connectivity index is 2.55. The third-order valence-electron chi connectivity index (χ3n) is 3.44. The van der Waals surface area contributed by atoms with Gasteiger partial charge >= 0.3 is 18.0 Å². The standard InChI is InChI=1S/C16H18N2O5/c1-4-23-15(20)12-9(2)17-16(21)18-13(12)10-7-5-6-8-11(10)14(19)22-3/h5-8,13H,4H2,1-3H3,(H2,17,18,21). The minimum atomic E-state index is -0.793. The van der Waals surface area contributed by atoms with Gasteiger partial charge in [0.1, 0.15) is 0 Å². The van der Waals surface area contributed by atoms with Crippen LogP contribution in [-0.2, 0) is 14.3 Å². The lowest BCUT2D eigenvalue weighted by Crippen LogP contribution is -2.45. The zero-order valence-electron chi connectivity index (χ0n) is 13.1. The van der Waals surface area contributed by atoms with E-state index < -0.39 is 24.0 Å². The lowest BCUT2D eigenvalue weighted by Gasteiger charge is -2.29. The van der Waals surface area contributed by atoms with Crippen molar-refractivity contribution in [3.8, 4) is 0 Å². The molecule has 1 unspecified atom stereocenters. The molecule has 1 aromatic carbocycles. The van der Waals surface area contributed by atoms with Crippen LogP contribution in [0.1, 0.15) is 35.8 Å². The predicted octanol–water partition coefficient (Wildman–Crippen LogP) is 1.66. The first-order valence-electron chi connectivity index (χ1n) is 7.12. The van der Waals surface area contributed by atoms with E-state index >= 15 is 0 Å². The van der Waals surface area contributed by atoms with Gasteiger partial charge in [-0.3, -0.25) is 0 Å². The molecule has 23 heavy (non-hydrogen) atoms. The summed E-state index contributed by atoms with van der Waals surface area (Å²) in [7, 11) is 1.27. The van der Waals surface area contributed by atoms with Crippen molar-refractivity contribution in [3.05, 3.63) is 46.7 Å². The molecule has 2 N–H and O–H groups in total. The molecule has 0 saturated heterocycles. The van der Waals surface area contributed by atoms with E-state index in [2.05, 4.69) is 10.6 Å². The highest BCUT2D eigenvalue weighted by molar-refractivity contribution is 5.97. The summed E-state index contributed by atoms with van der Waals surface area (Å²) in [5.41, 5.74) is 1.38. The largest absolute Gasteiger partial charge is 0.465 e. The Hall–Kier alpha value is -2.83. The van der Waals surface area contributed by atoms with Gasteiger partial charge < -0.3 is 20.1 Å². The lowest BCUT2D eigenvalue weighted by molar-refractivity contribution is -0.139. The van der Waals surface area contributed by atoms with Gasteiger partial charge in [-0.05, 0) is 25.5 Å². The number of amides is 2. The molecule has 7 nitrogen and oxygen atoms in total. The molecule has 1 aromatic rings. The Bertz CT molecular complexity index is 681. The van der Waals surface area contributed by atoms with Crippen LogP contribution < -0.4 is 10.6 Å². The summed E-state index contributed by atoms with van der Waals surface area (Å²) in [5.74, 6) is -1.10. The molecule has 1 atom stereocenters. The van der Waals surface area contributed by atoms with Crippen molar-refractivity contribution < 1.29 is 23.9 Å². The Labute approximate surface area is 133 Å². The van der Waals surface area contributed by atoms with Gasteiger partial charge in [0.05, 0.1) is 30.9 Å². The number of carbonyl (C=O) groups is 3. The van der Waals surface area contributed by atoms with Crippen molar-refractivity contribution in [2.75, 3.05) is 13.7 Å². The fourth-order valence-electron chi connectivity index (χ4n) is 2.45. The van der Waals surface area contributed by atoms with Crippen molar-refractivity contribution in [1.82, 2.24) is 10.6 Å². The number of methoxy groups -OCH3 is 1. The number of nitrogens with one attached hydrogen (secondary N) is 2. The van der Waals surface area contributed by atoms with E-state index in [1.807, 2.05) is 0 Å². The summed E-state index contributed by atoms with van der Waals surface area (Å²) < 4.78 is 9.83. The number of urea groups is 1. The van der Waals surface area contributed by atoms with Crippen LogP contribution in [0, 0.1) is 0 Å². The van der Waals surface area contributed by atoms with Crippen LogP contribution in [0.15, 0.2) is 35.5 Å². The van der Waals surface area contributed by atoms with Crippen molar-refractivity contribution in [2.24, 2.45) is 0 Å². The molecule has 1 heterocycles. The zero-order chi connectivity index (χ0) is 17.0. The number of hydrogen-bond acceptors (Lipinski definition) is 5. The van der Waals surface area contributed by atoms with Crippen molar-refractivity contribution in [1.29, 1.82) is 0 Å². The average molecular weight is 318 g/mol. The van der Waals surface area contributed by atoms with Gasteiger partial charge in [0.25, 0.3) is 0 Å². The van der Waals surface area contributed by atoms with Crippen LogP contribution in [-0.4, -0.2) is 31.7 Å². The van der Waals surface area contributed by atoms with E-state index in [0.717, 1.165) is 0 Å². The number of carbonyl (C=O) groups excluding carboxylic acids is 3. The summed E-state index contributed by atoms with van der Waals surface area (Å²) in [6, 6.07) is 5.38. The highest BCUT2D eigenvalue weighted by atomic mass is 16.5. The van der Waals surface area contributed by atoms with Gasteiger partial charge in [-0.2, -0.15) is 0 Å². The third kappa shape index (κ3) is 3.33. The first-order chi connectivity index (χ1) is 11.0. The van der Waals surface area contributed by atoms with Crippen LogP contribution >= 0.6 is 0 Å². The second kappa shape index (κ2) is 6.95. The van der Waals surface area contributed by atoms with Gasteiger partial charge in [-0.15, -0.1) is 0 Å². The first-order valence-corrected chi connectivity index (χ1v) is 7.12. The van der Waals surface area contributed by atoms with E-state index in [1.54, 1.807) is 38.1 Å². The van der Waals surface area contributed by atoms with Crippen molar-refractivity contribution in [3.63, 3.8) is 0 Å². The topological polar surface area (TPSA) is 93.7 Å². The van der Waals surface area contributed by atoms with Crippen molar-refractivity contribution in [2.45, 2.75) is 19.9 Å². The molecule has 0 aromatic heterocycles. The smallest absolute Gasteiger partial charge is 0.338 e. The number of ether oxygens (including phenoxy) is 2. The monoisotopic (exact) mass is 318 g/mol. The van der Waals surface area contributed by atoms with E-state index in [1.165, 1.54) is 7.11 Å². The van der Waals surface area contributed by atoms with Crippen LogP contribution in [0.4, 0.5) is 4.79 Å². The maximum absolute atomic E-state index is 12.3. The number of hydrogen-bond donors (Lipinski definition) is 2. The molecular weight excluding hydrogens is 300 g/mol. The third-order valence-corrected chi connectivity index (χ3v) is 3.44. The van der Waals surface area contributed by atoms with E-state index in [-0.39, 0.29) is 17.7 Å².